The molecule has 0 bridgehead atoms. The second-order valence-corrected chi connectivity index (χ2v) is 13.5. The lowest BCUT2D eigenvalue weighted by Gasteiger charge is -2.21. The number of hydrogen-bond acceptors (Lipinski definition) is 5. The number of H-pyrrole nitrogens is 1. The summed E-state index contributed by atoms with van der Waals surface area (Å²) in [6.45, 7) is 10.2. The van der Waals surface area contributed by atoms with Crippen molar-refractivity contribution in [3.05, 3.63) is 75.5 Å². The third-order valence-corrected chi connectivity index (χ3v) is 9.89. The number of Topliss-reactive ketones (excluding diaryl/α,β-unsaturated/α-hetero) is 1. The van der Waals surface area contributed by atoms with Gasteiger partial charge in [-0.1, -0.05) is 48.6 Å². The summed E-state index contributed by atoms with van der Waals surface area (Å²) in [6, 6.07) is 14.5. The summed E-state index contributed by atoms with van der Waals surface area (Å²) >= 11 is 3.55. The summed E-state index contributed by atoms with van der Waals surface area (Å²) in [4.78, 5) is 22.8. The van der Waals surface area contributed by atoms with E-state index >= 15 is 0 Å². The third-order valence-electron chi connectivity index (χ3n) is 7.15. The number of ether oxygens (including phenoxy) is 1. The van der Waals surface area contributed by atoms with E-state index in [0.717, 1.165) is 55.3 Å². The average Bonchev–Trinajstić information content (AvgIpc) is 3.31. The van der Waals surface area contributed by atoms with Crippen molar-refractivity contribution < 1.29 is 14.1 Å². The normalized spacial score (nSPS) is 15.9. The van der Waals surface area contributed by atoms with Crippen molar-refractivity contribution in [3.63, 3.8) is 0 Å². The molecule has 0 spiro atoms. The molecule has 2 aromatic heterocycles. The molecule has 0 saturated carbocycles. The van der Waals surface area contributed by atoms with E-state index in [9.17, 15) is 4.79 Å². The fourth-order valence-corrected chi connectivity index (χ4v) is 7.92. The van der Waals surface area contributed by atoms with Gasteiger partial charge in [0.25, 0.3) is 0 Å². The fourth-order valence-electron chi connectivity index (χ4n) is 5.17. The van der Waals surface area contributed by atoms with Gasteiger partial charge in [0.2, 0.25) is 0 Å². The highest BCUT2D eigenvalue weighted by atomic mass is 79.9. The monoisotopic (exact) mass is 582 g/mol. The second-order valence-electron chi connectivity index (χ2n) is 10.2. The van der Waals surface area contributed by atoms with Crippen molar-refractivity contribution in [1.29, 1.82) is 0 Å². The quantitative estimate of drug-likeness (QED) is 0.196. The molecule has 1 aliphatic rings. The van der Waals surface area contributed by atoms with Crippen molar-refractivity contribution in [3.8, 4) is 11.7 Å². The summed E-state index contributed by atoms with van der Waals surface area (Å²) in [5.41, 5.74) is 5.10. The molecule has 2 heterocycles. The van der Waals surface area contributed by atoms with Gasteiger partial charge in [0.05, 0.1) is 19.1 Å². The standard InChI is InChI=1S/C28H29BrN3O2S2/c1-16-23(15-35-36-18-9-7-8-17(29)12-18)32(11-10-24(16)34-6)26-30-21-13-19-20(14-22(21)31-26)28(4,5)25(33)27(19,2)3/h7-14H,15H2,1-6H3,(H,30,31)/q+1. The first-order valence-electron chi connectivity index (χ1n) is 11.8. The van der Waals surface area contributed by atoms with Crippen LogP contribution < -0.4 is 9.30 Å². The molecule has 4 aromatic rings. The number of benzene rings is 2. The average molecular weight is 584 g/mol. The van der Waals surface area contributed by atoms with Crippen LogP contribution in [0, 0.1) is 6.92 Å². The van der Waals surface area contributed by atoms with Crippen molar-refractivity contribution in [2.75, 3.05) is 7.11 Å². The number of aromatic amines is 1. The summed E-state index contributed by atoms with van der Waals surface area (Å²) < 4.78 is 8.81. The first kappa shape index (κ1) is 25.4. The van der Waals surface area contributed by atoms with Crippen molar-refractivity contribution >= 4 is 54.3 Å². The zero-order chi connectivity index (χ0) is 25.8. The predicted octanol–water partition coefficient (Wildman–Crippen LogP) is 7.00. The Labute approximate surface area is 228 Å². The number of carbonyl (C=O) groups is 1. The molecule has 36 heavy (non-hydrogen) atoms. The minimum Gasteiger partial charge on any atom is -0.496 e. The molecule has 0 saturated heterocycles. The lowest BCUT2D eigenvalue weighted by molar-refractivity contribution is -0.610. The number of nitrogens with zero attached hydrogens (tertiary/aromatic N) is 2. The summed E-state index contributed by atoms with van der Waals surface area (Å²) in [7, 11) is 5.22. The van der Waals surface area contributed by atoms with Crippen LogP contribution in [0.5, 0.6) is 5.75 Å². The number of fused-ring (bicyclic) bond motifs is 2. The minimum absolute atomic E-state index is 0.250. The number of rotatable bonds is 6. The number of imidazole rings is 1. The zero-order valence-corrected chi connectivity index (χ0v) is 24.5. The molecule has 186 valence electrons. The van der Waals surface area contributed by atoms with Gasteiger partial charge in [-0.05, 0) is 76.1 Å². The number of halogens is 1. The molecule has 5 nitrogen and oxygen atoms in total. The molecule has 5 rings (SSSR count). The van der Waals surface area contributed by atoms with E-state index in [4.69, 9.17) is 9.72 Å². The Bertz CT molecular complexity index is 1460. The summed E-state index contributed by atoms with van der Waals surface area (Å²) in [5.74, 6) is 2.62. The SMILES string of the molecule is COc1cc[n+](-c2nc3cc4c(cc3[nH]2)C(C)(C)C(=O)C4(C)C)c(CSSc2cccc(Br)c2)c1C. The van der Waals surface area contributed by atoms with E-state index < -0.39 is 10.8 Å². The van der Waals surface area contributed by atoms with Crippen LogP contribution >= 0.6 is 37.5 Å². The van der Waals surface area contributed by atoms with Crippen molar-refractivity contribution in [2.45, 2.75) is 56.1 Å². The molecule has 0 amide bonds. The minimum atomic E-state index is -0.526. The van der Waals surface area contributed by atoms with E-state index in [2.05, 4.69) is 56.7 Å². The largest absolute Gasteiger partial charge is 0.496 e. The third kappa shape index (κ3) is 4.17. The topological polar surface area (TPSA) is 58.9 Å². The van der Waals surface area contributed by atoms with Crippen LogP contribution in [0.25, 0.3) is 17.0 Å². The Balaban J connectivity index is 1.54. The highest BCUT2D eigenvalue weighted by Crippen LogP contribution is 2.47. The van der Waals surface area contributed by atoms with Crippen LogP contribution in [0.1, 0.15) is 50.1 Å². The first-order valence-corrected chi connectivity index (χ1v) is 14.9. The van der Waals surface area contributed by atoms with E-state index in [-0.39, 0.29) is 5.78 Å². The predicted molar refractivity (Wildman–Crippen MR) is 151 cm³/mol. The molecule has 0 unspecified atom stereocenters. The second kappa shape index (κ2) is 9.23. The van der Waals surface area contributed by atoms with E-state index in [1.165, 1.54) is 4.90 Å². The van der Waals surface area contributed by atoms with Crippen LogP contribution in [-0.4, -0.2) is 22.9 Å². The van der Waals surface area contributed by atoms with Gasteiger partial charge in [0.1, 0.15) is 17.0 Å². The molecule has 0 radical (unpaired) electrons. The smallest absolute Gasteiger partial charge is 0.402 e. The Kier molecular flexibility index (Phi) is 6.50. The van der Waals surface area contributed by atoms with Gasteiger partial charge in [-0.3, -0.25) is 4.79 Å². The molecular formula is C28H29BrN3O2S2+. The maximum atomic E-state index is 13.1. The molecule has 1 N–H and O–H groups in total. The van der Waals surface area contributed by atoms with Gasteiger partial charge in [0, 0.05) is 31.8 Å². The number of ketones is 1. The number of methoxy groups -OCH3 is 1. The lowest BCUT2D eigenvalue weighted by atomic mass is 9.80. The number of carbonyl (C=O) groups excluding carboxylic acids is 1. The van der Waals surface area contributed by atoms with Crippen LogP contribution in [-0.2, 0) is 21.4 Å². The molecule has 8 heteroatoms. The van der Waals surface area contributed by atoms with Gasteiger partial charge in [0.15, 0.2) is 11.3 Å². The van der Waals surface area contributed by atoms with Crippen molar-refractivity contribution in [1.82, 2.24) is 9.97 Å². The molecule has 0 atom stereocenters. The number of aromatic nitrogens is 3. The molecule has 1 aliphatic carbocycles. The first-order chi connectivity index (χ1) is 17.0. The van der Waals surface area contributed by atoms with Gasteiger partial charge in [-0.25, -0.2) is 9.55 Å². The maximum Gasteiger partial charge on any atom is 0.402 e. The van der Waals surface area contributed by atoms with Gasteiger partial charge in [-0.2, -0.15) is 0 Å². The van der Waals surface area contributed by atoms with E-state index in [1.54, 1.807) is 28.7 Å². The van der Waals surface area contributed by atoms with Crippen LogP contribution in [0.15, 0.2) is 58.0 Å². The molecular weight excluding hydrogens is 554 g/mol. The highest BCUT2D eigenvalue weighted by molar-refractivity contribution is 9.10. The van der Waals surface area contributed by atoms with Crippen LogP contribution in [0.4, 0.5) is 0 Å². The van der Waals surface area contributed by atoms with Gasteiger partial charge >= 0.3 is 5.95 Å². The van der Waals surface area contributed by atoms with Crippen LogP contribution in [0.3, 0.4) is 0 Å². The lowest BCUT2D eigenvalue weighted by Crippen LogP contribution is -2.37. The Morgan fingerprint density at radius 1 is 1.08 bits per heavy atom. The van der Waals surface area contributed by atoms with Crippen molar-refractivity contribution in [2.24, 2.45) is 0 Å². The van der Waals surface area contributed by atoms with E-state index in [1.807, 2.05) is 52.1 Å². The van der Waals surface area contributed by atoms with Gasteiger partial charge in [-0.15, -0.1) is 0 Å². The number of pyridine rings is 1. The maximum absolute atomic E-state index is 13.1. The molecule has 0 fully saturated rings. The van der Waals surface area contributed by atoms with Gasteiger partial charge < -0.3 is 4.74 Å². The molecule has 2 aromatic carbocycles. The highest BCUT2D eigenvalue weighted by Gasteiger charge is 2.50. The zero-order valence-electron chi connectivity index (χ0n) is 21.2. The Hall–Kier alpha value is -2.29. The fraction of sp³-hybridized carbons (Fsp3) is 0.321. The summed E-state index contributed by atoms with van der Waals surface area (Å²) in [5, 5.41) is 0. The summed E-state index contributed by atoms with van der Waals surface area (Å²) in [6.07, 6.45) is 2.01. The van der Waals surface area contributed by atoms with E-state index in [0.29, 0.717) is 0 Å². The van der Waals surface area contributed by atoms with Crippen LogP contribution in [0.2, 0.25) is 0 Å². The number of nitrogens with one attached hydrogen (secondary N) is 1. The molecule has 0 aliphatic heterocycles. The number of hydrogen-bond donors (Lipinski definition) is 1. The Morgan fingerprint density at radius 3 is 2.50 bits per heavy atom. The Morgan fingerprint density at radius 2 is 1.81 bits per heavy atom.